The zero-order chi connectivity index (χ0) is 26.9. The van der Waals surface area contributed by atoms with Crippen LogP contribution < -0.4 is 4.74 Å². The molecule has 0 aliphatic heterocycles. The Bertz CT molecular complexity index is 1630. The van der Waals surface area contributed by atoms with Gasteiger partial charge in [0.05, 0.1) is 6.04 Å². The molecule has 1 aromatic heterocycles. The number of carbonyl (C=O) groups is 2. The highest BCUT2D eigenvalue weighted by atomic mass is 16.6. The lowest BCUT2D eigenvalue weighted by Crippen LogP contribution is -2.41. The van der Waals surface area contributed by atoms with Gasteiger partial charge in [-0.25, -0.2) is 4.79 Å². The summed E-state index contributed by atoms with van der Waals surface area (Å²) in [6.07, 6.45) is 0.619. The third-order valence-electron chi connectivity index (χ3n) is 7.41. The molecular formula is C33H28N2O4. The molecule has 1 heterocycles. The van der Waals surface area contributed by atoms with Crippen molar-refractivity contribution in [2.45, 2.75) is 25.7 Å². The van der Waals surface area contributed by atoms with E-state index in [-0.39, 0.29) is 5.78 Å². The highest BCUT2D eigenvalue weighted by molar-refractivity contribution is 6.11. The molecule has 6 rings (SSSR count). The molecule has 1 aliphatic rings. The number of aromatic amines is 1. The minimum absolute atomic E-state index is 0.175. The van der Waals surface area contributed by atoms with Gasteiger partial charge in [-0.3, -0.25) is 4.79 Å². The molecule has 1 aliphatic carbocycles. The SMILES string of the molecule is CC(C(=O)c1c[nH]c2cc(OCc3ccccc3)ccc12)N(C)C(=O)OC1c2ccccc2-c2ccccc21. The van der Waals surface area contributed by atoms with Crippen LogP contribution in [0.15, 0.2) is 103 Å². The molecule has 0 fully saturated rings. The molecule has 0 bridgehead atoms. The topological polar surface area (TPSA) is 71.6 Å². The molecule has 0 radical (unpaired) electrons. The molecule has 0 spiro atoms. The zero-order valence-electron chi connectivity index (χ0n) is 21.8. The molecule has 1 atom stereocenters. The Kier molecular flexibility index (Phi) is 6.37. The molecule has 1 amide bonds. The number of nitrogens with one attached hydrogen (secondary N) is 1. The molecule has 4 aromatic carbocycles. The van der Waals surface area contributed by atoms with Crippen LogP contribution in [0.4, 0.5) is 4.79 Å². The van der Waals surface area contributed by atoms with E-state index in [1.54, 1.807) is 20.2 Å². The van der Waals surface area contributed by atoms with Crippen molar-refractivity contribution in [3.05, 3.63) is 126 Å². The number of hydrogen-bond donors (Lipinski definition) is 1. The van der Waals surface area contributed by atoms with Gasteiger partial charge < -0.3 is 19.4 Å². The Morgan fingerprint density at radius 3 is 2.21 bits per heavy atom. The van der Waals surface area contributed by atoms with Crippen LogP contribution in [0.5, 0.6) is 5.75 Å². The standard InChI is InChI=1S/C33H28N2O4/c1-21(35(2)33(37)39-32-27-14-8-6-12-24(27)25-13-7-9-15-28(25)32)31(36)29-19-34-30-18-23(16-17-26(29)30)38-20-22-10-4-3-5-11-22/h3-19,21,32,34H,20H2,1-2H3. The van der Waals surface area contributed by atoms with E-state index in [1.807, 2.05) is 97.1 Å². The van der Waals surface area contributed by atoms with Crippen molar-refractivity contribution in [2.75, 3.05) is 7.05 Å². The number of ketones is 1. The van der Waals surface area contributed by atoms with Crippen molar-refractivity contribution >= 4 is 22.8 Å². The predicted octanol–water partition coefficient (Wildman–Crippen LogP) is 7.16. The van der Waals surface area contributed by atoms with E-state index in [4.69, 9.17) is 9.47 Å². The second-order valence-corrected chi connectivity index (χ2v) is 9.77. The third kappa shape index (κ3) is 4.55. The van der Waals surface area contributed by atoms with E-state index in [9.17, 15) is 9.59 Å². The van der Waals surface area contributed by atoms with E-state index >= 15 is 0 Å². The lowest BCUT2D eigenvalue weighted by Gasteiger charge is -2.25. The number of rotatable bonds is 7. The van der Waals surface area contributed by atoms with Crippen LogP contribution in [0, 0.1) is 0 Å². The average molecular weight is 517 g/mol. The van der Waals surface area contributed by atoms with Gasteiger partial charge in [0.25, 0.3) is 0 Å². The third-order valence-corrected chi connectivity index (χ3v) is 7.41. The van der Waals surface area contributed by atoms with E-state index in [0.717, 1.165) is 38.7 Å². The van der Waals surface area contributed by atoms with Gasteiger partial charge in [0.15, 0.2) is 11.9 Å². The lowest BCUT2D eigenvalue weighted by molar-refractivity contribution is 0.0659. The van der Waals surface area contributed by atoms with Gasteiger partial charge in [0, 0.05) is 46.9 Å². The van der Waals surface area contributed by atoms with Gasteiger partial charge in [0.2, 0.25) is 0 Å². The average Bonchev–Trinajstić information content (AvgIpc) is 3.54. The fourth-order valence-electron chi connectivity index (χ4n) is 5.12. The summed E-state index contributed by atoms with van der Waals surface area (Å²) < 4.78 is 11.9. The van der Waals surface area contributed by atoms with Crippen LogP contribution in [-0.2, 0) is 11.3 Å². The highest BCUT2D eigenvalue weighted by Gasteiger charge is 2.34. The largest absolute Gasteiger partial charge is 0.489 e. The van der Waals surface area contributed by atoms with Crippen molar-refractivity contribution in [3.8, 4) is 16.9 Å². The Labute approximate surface area is 226 Å². The van der Waals surface area contributed by atoms with Crippen molar-refractivity contribution in [1.82, 2.24) is 9.88 Å². The Morgan fingerprint density at radius 2 is 1.51 bits per heavy atom. The Hall–Kier alpha value is -4.84. The molecule has 6 nitrogen and oxygen atoms in total. The van der Waals surface area contributed by atoms with Crippen LogP contribution in [0.25, 0.3) is 22.0 Å². The van der Waals surface area contributed by atoms with E-state index < -0.39 is 18.2 Å². The second kappa shape index (κ2) is 10.1. The first-order valence-electron chi connectivity index (χ1n) is 12.9. The number of benzene rings is 4. The summed E-state index contributed by atoms with van der Waals surface area (Å²) >= 11 is 0. The smallest absolute Gasteiger partial charge is 0.411 e. The van der Waals surface area contributed by atoms with Gasteiger partial charge in [0.1, 0.15) is 12.4 Å². The molecule has 0 saturated carbocycles. The molecule has 5 aromatic rings. The second-order valence-electron chi connectivity index (χ2n) is 9.77. The number of Topliss-reactive ketones (excluding diaryl/α,β-unsaturated/α-hetero) is 1. The summed E-state index contributed by atoms with van der Waals surface area (Å²) in [5, 5.41) is 0.777. The summed E-state index contributed by atoms with van der Waals surface area (Å²) in [6, 6.07) is 30.7. The van der Waals surface area contributed by atoms with Crippen LogP contribution in [0.2, 0.25) is 0 Å². The van der Waals surface area contributed by atoms with Crippen molar-refractivity contribution in [3.63, 3.8) is 0 Å². The van der Waals surface area contributed by atoms with E-state index in [0.29, 0.717) is 17.9 Å². The molecule has 1 N–H and O–H groups in total. The molecule has 39 heavy (non-hydrogen) atoms. The number of amides is 1. The lowest BCUT2D eigenvalue weighted by atomic mass is 10.0. The molecular weight excluding hydrogens is 488 g/mol. The molecule has 1 unspecified atom stereocenters. The van der Waals surface area contributed by atoms with Gasteiger partial charge >= 0.3 is 6.09 Å². The first kappa shape index (κ1) is 24.5. The van der Waals surface area contributed by atoms with E-state index in [2.05, 4.69) is 4.98 Å². The van der Waals surface area contributed by atoms with Crippen molar-refractivity contribution in [2.24, 2.45) is 0 Å². The maximum atomic E-state index is 13.5. The fourth-order valence-corrected chi connectivity index (χ4v) is 5.12. The Balaban J connectivity index is 1.16. The van der Waals surface area contributed by atoms with Crippen molar-refractivity contribution < 1.29 is 19.1 Å². The van der Waals surface area contributed by atoms with Crippen LogP contribution in [-0.4, -0.2) is 34.8 Å². The van der Waals surface area contributed by atoms with Crippen LogP contribution >= 0.6 is 0 Å². The fraction of sp³-hybridized carbons (Fsp3) is 0.152. The minimum atomic E-state index is -0.725. The summed E-state index contributed by atoms with van der Waals surface area (Å²) in [4.78, 5) is 31.3. The number of hydrogen-bond acceptors (Lipinski definition) is 4. The summed E-state index contributed by atoms with van der Waals surface area (Å²) in [7, 11) is 1.60. The summed E-state index contributed by atoms with van der Waals surface area (Å²) in [5.41, 5.74) is 6.40. The van der Waals surface area contributed by atoms with Gasteiger partial charge in [-0.1, -0.05) is 78.9 Å². The summed E-state index contributed by atoms with van der Waals surface area (Å²) in [5.74, 6) is 0.531. The molecule has 194 valence electrons. The van der Waals surface area contributed by atoms with Crippen LogP contribution in [0.1, 0.15) is 40.1 Å². The highest BCUT2D eigenvalue weighted by Crippen LogP contribution is 2.45. The number of fused-ring (bicyclic) bond motifs is 4. The van der Waals surface area contributed by atoms with Crippen molar-refractivity contribution in [1.29, 1.82) is 0 Å². The minimum Gasteiger partial charge on any atom is -0.489 e. The first-order chi connectivity index (χ1) is 19.0. The normalized spacial score (nSPS) is 13.0. The number of ether oxygens (including phenoxy) is 2. The number of nitrogens with zero attached hydrogens (tertiary/aromatic N) is 1. The van der Waals surface area contributed by atoms with Gasteiger partial charge in [-0.2, -0.15) is 0 Å². The zero-order valence-corrected chi connectivity index (χ0v) is 21.8. The number of carbonyl (C=O) groups excluding carboxylic acids is 2. The maximum Gasteiger partial charge on any atom is 0.411 e. The monoisotopic (exact) mass is 516 g/mol. The Morgan fingerprint density at radius 1 is 0.872 bits per heavy atom. The molecule has 0 saturated heterocycles. The quantitative estimate of drug-likeness (QED) is 0.233. The van der Waals surface area contributed by atoms with Gasteiger partial charge in [-0.05, 0) is 35.7 Å². The first-order valence-corrected chi connectivity index (χ1v) is 12.9. The molecule has 6 heteroatoms. The summed E-state index contributed by atoms with van der Waals surface area (Å²) in [6.45, 7) is 2.18. The van der Waals surface area contributed by atoms with Crippen LogP contribution in [0.3, 0.4) is 0 Å². The maximum absolute atomic E-state index is 13.5. The van der Waals surface area contributed by atoms with E-state index in [1.165, 1.54) is 4.90 Å². The predicted molar refractivity (Wildman–Crippen MR) is 151 cm³/mol. The number of aromatic nitrogens is 1. The van der Waals surface area contributed by atoms with Gasteiger partial charge in [-0.15, -0.1) is 0 Å². The number of H-pyrrole nitrogens is 1. The number of likely N-dealkylation sites (N-methyl/N-ethyl adjacent to an activating group) is 1.